The predicted molar refractivity (Wildman–Crippen MR) is 273 cm³/mol. The van der Waals surface area contributed by atoms with Crippen molar-refractivity contribution in [2.75, 3.05) is 11.5 Å². The number of nitrogens with two attached hydrogens (primary N) is 2. The summed E-state index contributed by atoms with van der Waals surface area (Å²) in [4.78, 5) is 38.8. The van der Waals surface area contributed by atoms with E-state index in [1.807, 2.05) is 225 Å². The number of fused-ring (bicyclic) bond motifs is 6. The Morgan fingerprint density at radius 2 is 0.767 bits per heavy atom. The number of nitrogens with zero attached hydrogens (tertiary/aromatic N) is 2. The van der Waals surface area contributed by atoms with Crippen LogP contribution in [0.5, 0.6) is 0 Å². The van der Waals surface area contributed by atoms with Gasteiger partial charge in [-0.15, -0.1) is 0 Å². The van der Waals surface area contributed by atoms with Gasteiger partial charge in [-0.1, -0.05) is 225 Å². The van der Waals surface area contributed by atoms with Gasteiger partial charge in [-0.3, -0.25) is 19.0 Å². The molecule has 0 fully saturated rings. The van der Waals surface area contributed by atoms with Crippen LogP contribution >= 0.6 is 0 Å². The number of imidazole rings is 1. The van der Waals surface area contributed by atoms with Gasteiger partial charge < -0.3 is 16.9 Å². The van der Waals surface area contributed by atoms with E-state index in [2.05, 4.69) is 4.98 Å². The lowest BCUT2D eigenvalue weighted by atomic mass is 10.0. The Kier molecular flexibility index (Phi) is 65.2. The molecule has 2 heterocycles. The maximum atomic E-state index is 12.2. The van der Waals surface area contributed by atoms with Crippen LogP contribution in [0.1, 0.15) is 179 Å². The number of para-hydroxylation sites is 4. The van der Waals surface area contributed by atoms with Gasteiger partial charge in [0.25, 0.3) is 0 Å². The van der Waals surface area contributed by atoms with E-state index in [1.165, 1.54) is 0 Å². The molecule has 0 radical (unpaired) electrons. The van der Waals surface area contributed by atoms with Gasteiger partial charge in [-0.05, 0) is 35.4 Å². The van der Waals surface area contributed by atoms with E-state index in [1.54, 1.807) is 28.8 Å². The van der Waals surface area contributed by atoms with Gasteiger partial charge in [0.1, 0.15) is 5.82 Å². The Balaban J connectivity index is -0.0000000943. The maximum absolute atomic E-state index is 12.2. The molecule has 1 aliphatic carbocycles. The van der Waals surface area contributed by atoms with Crippen LogP contribution in [0.25, 0.3) is 22.4 Å². The molecule has 0 atom stereocenters. The van der Waals surface area contributed by atoms with Crippen LogP contribution in [0.4, 0.5) is 11.4 Å². The van der Waals surface area contributed by atoms with Crippen LogP contribution < -0.4 is 11.5 Å². The molecule has 8 nitrogen and oxygen atoms in total. The highest BCUT2D eigenvalue weighted by Crippen LogP contribution is 2.31. The fourth-order valence-corrected chi connectivity index (χ4v) is 4.40. The Morgan fingerprint density at radius 1 is 0.433 bits per heavy atom. The number of carbonyl (C=O) groups is 3. The summed E-state index contributed by atoms with van der Waals surface area (Å²) < 4.78 is 1.73. The third-order valence-corrected chi connectivity index (χ3v) is 6.27. The molecule has 0 spiro atoms. The van der Waals surface area contributed by atoms with E-state index in [4.69, 9.17) is 11.5 Å². The third-order valence-electron chi connectivity index (χ3n) is 6.27. The summed E-state index contributed by atoms with van der Waals surface area (Å²) in [6.45, 7) is 44.0. The summed E-state index contributed by atoms with van der Waals surface area (Å²) in [5.41, 5.74) is 17.4. The molecule has 1 aliphatic heterocycles. The fourth-order valence-electron chi connectivity index (χ4n) is 4.40. The monoisotopic (exact) mass is 837 g/mol. The molecule has 8 heteroatoms. The molecule has 0 amide bonds. The number of benzene rings is 4. The molecule has 5 aromatic rings. The molecule has 2 aliphatic rings. The Morgan fingerprint density at radius 3 is 1.17 bits per heavy atom. The first-order valence-electron chi connectivity index (χ1n) is 22.8. The van der Waals surface area contributed by atoms with Crippen molar-refractivity contribution in [3.05, 3.63) is 114 Å². The Bertz CT molecular complexity index is 1660. The topological polar surface area (TPSA) is 153 Å². The summed E-state index contributed by atoms with van der Waals surface area (Å²) in [7, 11) is 0. The Hall–Kier alpha value is -5.08. The molecule has 60 heavy (non-hydrogen) atoms. The minimum atomic E-state index is -0.333. The Labute approximate surface area is 369 Å². The molecule has 0 unspecified atom stereocenters. The van der Waals surface area contributed by atoms with Gasteiger partial charge in [0, 0.05) is 17.5 Å². The number of hydrogen-bond donors (Lipinski definition) is 2. The highest BCUT2D eigenvalue weighted by Gasteiger charge is 2.27. The smallest absolute Gasteiger partial charge is 0.237 e. The van der Waals surface area contributed by atoms with Crippen LogP contribution in [-0.4, -0.2) is 32.5 Å². The largest absolute Gasteiger partial charge is 0.412 e. The summed E-state index contributed by atoms with van der Waals surface area (Å²) >= 11 is 0. The number of ketones is 2. The summed E-state index contributed by atoms with van der Waals surface area (Å²) in [6, 6.07) is 30.1. The van der Waals surface area contributed by atoms with Crippen molar-refractivity contribution in [3.63, 3.8) is 0 Å². The normalized spacial score (nSPS) is 9.13. The van der Waals surface area contributed by atoms with Crippen molar-refractivity contribution in [2.45, 2.75) is 165 Å². The zero-order valence-corrected chi connectivity index (χ0v) is 42.4. The molecule has 6 N–H and O–H groups in total. The first-order valence-corrected chi connectivity index (χ1v) is 22.8. The van der Waals surface area contributed by atoms with Gasteiger partial charge >= 0.3 is 0 Å². The first-order chi connectivity index (χ1) is 28.9. The highest BCUT2D eigenvalue weighted by molar-refractivity contribution is 6.47. The van der Waals surface area contributed by atoms with E-state index >= 15 is 0 Å². The van der Waals surface area contributed by atoms with Crippen LogP contribution in [0.2, 0.25) is 0 Å². The fraction of sp³-hybridized carbons (Fsp3) is 0.462. The number of nitrogen functional groups attached to an aromatic ring is 2. The molecule has 344 valence electrons. The molecule has 7 rings (SSSR count). The lowest BCUT2D eigenvalue weighted by Crippen LogP contribution is -2.20. The molecule has 0 saturated heterocycles. The van der Waals surface area contributed by atoms with E-state index in [0.717, 1.165) is 33.5 Å². The lowest BCUT2D eigenvalue weighted by molar-refractivity contribution is -0.114. The van der Waals surface area contributed by atoms with Crippen LogP contribution in [0, 0.1) is 0 Å². The van der Waals surface area contributed by atoms with Crippen molar-refractivity contribution in [1.82, 2.24) is 9.55 Å². The highest BCUT2D eigenvalue weighted by atomic mass is 16.2. The second-order valence-electron chi connectivity index (χ2n) is 8.70. The average Bonchev–Trinajstić information content (AvgIpc) is 3.89. The van der Waals surface area contributed by atoms with Crippen molar-refractivity contribution < 1.29 is 19.9 Å². The van der Waals surface area contributed by atoms with E-state index in [0.29, 0.717) is 23.4 Å². The van der Waals surface area contributed by atoms with Crippen LogP contribution in [0.15, 0.2) is 97.1 Å². The van der Waals surface area contributed by atoms with Crippen molar-refractivity contribution >= 4 is 39.9 Å². The van der Waals surface area contributed by atoms with Gasteiger partial charge in [0.15, 0.2) is 0 Å². The van der Waals surface area contributed by atoms with Gasteiger partial charge in [0.05, 0.1) is 28.8 Å². The second-order valence-corrected chi connectivity index (χ2v) is 8.70. The van der Waals surface area contributed by atoms with Gasteiger partial charge in [-0.2, -0.15) is 0 Å². The minimum Gasteiger partial charge on any atom is -0.412 e. The van der Waals surface area contributed by atoms with Crippen molar-refractivity contribution in [3.8, 4) is 11.4 Å². The molecule has 1 aromatic heterocycles. The van der Waals surface area contributed by atoms with E-state index in [9.17, 15) is 14.4 Å². The standard InChI is InChI=1S/C15H10N2O.C9H6O2.C6H8N2.11C2H6.H2O/c18-14-9-10-5-1-2-6-11(10)15-16-12-7-3-4-8-13(12)17(14)15;10-8-5-6-3-1-2-4-7(6)9(8)11;7-5-3-1-2-4-6(5)8;11*1-2;/h1-8H,9H2;1-4H,5H2;1-4H,7-8H2;11*1-2H3;1H2. The molecule has 0 saturated carbocycles. The second kappa shape index (κ2) is 53.9. The van der Waals surface area contributed by atoms with Crippen molar-refractivity contribution in [1.29, 1.82) is 0 Å². The number of rotatable bonds is 0. The van der Waals surface area contributed by atoms with Crippen molar-refractivity contribution in [2.24, 2.45) is 0 Å². The third kappa shape index (κ3) is 25.4. The van der Waals surface area contributed by atoms with Crippen LogP contribution in [-0.2, 0) is 17.6 Å². The van der Waals surface area contributed by atoms with Gasteiger partial charge in [0.2, 0.25) is 17.5 Å². The molecular weight excluding hydrogens is 745 g/mol. The summed E-state index contributed by atoms with van der Waals surface area (Å²) in [5, 5.41) is 0. The molecular formula is C52H92N4O4. The molecule has 0 bridgehead atoms. The summed E-state index contributed by atoms with van der Waals surface area (Å²) in [6.07, 6.45) is 0.735. The predicted octanol–water partition coefficient (Wildman–Crippen LogP) is 15.2. The number of Topliss-reactive ketones (excluding diaryl/α,β-unsaturated/α-hetero) is 2. The molecule has 4 aromatic carbocycles. The van der Waals surface area contributed by atoms with E-state index < -0.39 is 0 Å². The average molecular weight is 837 g/mol. The lowest BCUT2D eigenvalue weighted by Gasteiger charge is -2.16. The minimum absolute atomic E-state index is 0. The zero-order chi connectivity index (χ0) is 47.9. The first kappa shape index (κ1) is 72.5. The summed E-state index contributed by atoms with van der Waals surface area (Å²) in [5.74, 6) is 0.243. The zero-order valence-electron chi connectivity index (χ0n) is 42.4. The van der Waals surface area contributed by atoms with Crippen LogP contribution in [0.3, 0.4) is 0 Å². The van der Waals surface area contributed by atoms with E-state index in [-0.39, 0.29) is 29.4 Å². The number of aromatic nitrogens is 2. The quantitative estimate of drug-likeness (QED) is 0.117. The maximum Gasteiger partial charge on any atom is 0.237 e. The number of hydrogen-bond acceptors (Lipinski definition) is 6. The van der Waals surface area contributed by atoms with Gasteiger partial charge in [-0.25, -0.2) is 4.98 Å². The number of anilines is 2. The number of carbonyl (C=O) groups excluding carboxylic acids is 3. The SMILES string of the molecule is CC.CC.CC.CC.CC.CC.CC.CC.CC.CC.CC.Nc1ccccc1N.O.O=C1Cc2ccccc2-c2nc3ccccc3n21.O=C1Cc2ccccc2C1=O.